The Labute approximate surface area is 118 Å². The first kappa shape index (κ1) is 12.9. The molecular weight excluding hydrogens is 246 g/mol. The van der Waals surface area contributed by atoms with Crippen LogP contribution in [0.4, 0.5) is 5.82 Å². The van der Waals surface area contributed by atoms with Gasteiger partial charge in [0.2, 0.25) is 0 Å². The third-order valence-electron chi connectivity index (χ3n) is 3.69. The van der Waals surface area contributed by atoms with E-state index in [1.807, 2.05) is 24.4 Å². The van der Waals surface area contributed by atoms with Crippen LogP contribution in [0.15, 0.2) is 36.5 Å². The molecule has 0 saturated heterocycles. The molecule has 2 N–H and O–H groups in total. The van der Waals surface area contributed by atoms with Crippen molar-refractivity contribution in [2.45, 2.75) is 32.6 Å². The molecule has 0 aliphatic rings. The SMILES string of the molecule is CCCCCc1cnc2c(N)nc3ccccc3c2c1. The molecule has 0 amide bonds. The van der Waals surface area contributed by atoms with Crippen molar-refractivity contribution in [3.05, 3.63) is 42.1 Å². The molecule has 0 aliphatic heterocycles. The highest BCUT2D eigenvalue weighted by atomic mass is 14.9. The van der Waals surface area contributed by atoms with Crippen molar-refractivity contribution >= 4 is 27.6 Å². The summed E-state index contributed by atoms with van der Waals surface area (Å²) in [5.41, 5.74) is 9.04. The summed E-state index contributed by atoms with van der Waals surface area (Å²) < 4.78 is 0. The van der Waals surface area contributed by atoms with E-state index in [2.05, 4.69) is 29.0 Å². The molecular formula is C17H19N3. The second-order valence-electron chi connectivity index (χ2n) is 5.21. The predicted molar refractivity (Wildman–Crippen MR) is 84.7 cm³/mol. The molecule has 0 bridgehead atoms. The van der Waals surface area contributed by atoms with Crippen LogP contribution in [0.5, 0.6) is 0 Å². The van der Waals surface area contributed by atoms with Crippen LogP contribution in [0.25, 0.3) is 21.8 Å². The zero-order valence-corrected chi connectivity index (χ0v) is 11.8. The highest BCUT2D eigenvalue weighted by Crippen LogP contribution is 2.27. The summed E-state index contributed by atoms with van der Waals surface area (Å²) in [6.45, 7) is 2.22. The van der Waals surface area contributed by atoms with E-state index in [1.165, 1.54) is 24.8 Å². The third-order valence-corrected chi connectivity index (χ3v) is 3.69. The highest BCUT2D eigenvalue weighted by molar-refractivity contribution is 6.08. The Morgan fingerprint density at radius 3 is 2.80 bits per heavy atom. The lowest BCUT2D eigenvalue weighted by atomic mass is 10.0. The van der Waals surface area contributed by atoms with E-state index < -0.39 is 0 Å². The number of unbranched alkanes of at least 4 members (excludes halogenated alkanes) is 2. The summed E-state index contributed by atoms with van der Waals surface area (Å²) in [5.74, 6) is 0.513. The van der Waals surface area contributed by atoms with Gasteiger partial charge in [0.15, 0.2) is 5.82 Å². The lowest BCUT2D eigenvalue weighted by Gasteiger charge is -2.08. The van der Waals surface area contributed by atoms with Gasteiger partial charge in [0, 0.05) is 17.0 Å². The molecule has 0 unspecified atom stereocenters. The van der Waals surface area contributed by atoms with Crippen LogP contribution in [0.1, 0.15) is 31.7 Å². The maximum Gasteiger partial charge on any atom is 0.150 e. The number of hydrogen-bond acceptors (Lipinski definition) is 3. The van der Waals surface area contributed by atoms with Crippen LogP contribution in [0.3, 0.4) is 0 Å². The van der Waals surface area contributed by atoms with Gasteiger partial charge in [-0.05, 0) is 30.5 Å². The van der Waals surface area contributed by atoms with Crippen LogP contribution in [-0.2, 0) is 6.42 Å². The third kappa shape index (κ3) is 2.31. The molecule has 102 valence electrons. The smallest absolute Gasteiger partial charge is 0.150 e. The number of aromatic nitrogens is 2. The minimum atomic E-state index is 0.513. The lowest BCUT2D eigenvalue weighted by Crippen LogP contribution is -1.97. The standard InChI is InChI=1S/C17H19N3/c1-2-3-4-7-12-10-14-13-8-5-6-9-15(13)20-17(18)16(14)19-11-12/h5-6,8-11H,2-4,7H2,1H3,(H2,18,20). The van der Waals surface area contributed by atoms with Crippen LogP contribution < -0.4 is 5.73 Å². The van der Waals surface area contributed by atoms with E-state index in [0.29, 0.717) is 5.82 Å². The topological polar surface area (TPSA) is 51.8 Å². The number of rotatable bonds is 4. The minimum Gasteiger partial charge on any atom is -0.382 e. The number of pyridine rings is 2. The fourth-order valence-corrected chi connectivity index (χ4v) is 2.61. The molecule has 2 heterocycles. The number of nitrogens with zero attached hydrogens (tertiary/aromatic N) is 2. The Morgan fingerprint density at radius 1 is 1.10 bits per heavy atom. The van der Waals surface area contributed by atoms with Gasteiger partial charge in [0.25, 0.3) is 0 Å². The van der Waals surface area contributed by atoms with Crippen LogP contribution in [0.2, 0.25) is 0 Å². The van der Waals surface area contributed by atoms with Gasteiger partial charge in [-0.2, -0.15) is 0 Å². The molecule has 0 atom stereocenters. The fourth-order valence-electron chi connectivity index (χ4n) is 2.61. The van der Waals surface area contributed by atoms with Gasteiger partial charge in [-0.1, -0.05) is 38.0 Å². The predicted octanol–water partition coefficient (Wildman–Crippen LogP) is 4.10. The summed E-state index contributed by atoms with van der Waals surface area (Å²) in [4.78, 5) is 8.95. The zero-order valence-electron chi connectivity index (χ0n) is 11.8. The van der Waals surface area contributed by atoms with Crippen molar-refractivity contribution in [1.82, 2.24) is 9.97 Å². The van der Waals surface area contributed by atoms with Crippen LogP contribution >= 0.6 is 0 Å². The van der Waals surface area contributed by atoms with Crippen molar-refractivity contribution < 1.29 is 0 Å². The second-order valence-corrected chi connectivity index (χ2v) is 5.21. The Kier molecular flexibility index (Phi) is 3.50. The number of nitrogens with two attached hydrogens (primary N) is 1. The first-order valence-electron chi connectivity index (χ1n) is 7.22. The molecule has 3 aromatic rings. The number of nitrogen functional groups attached to an aromatic ring is 1. The maximum atomic E-state index is 6.02. The molecule has 3 rings (SSSR count). The number of para-hydroxylation sites is 1. The molecule has 3 heteroatoms. The average Bonchev–Trinajstić information content (AvgIpc) is 2.48. The number of benzene rings is 1. The Bertz CT molecular complexity index is 750. The largest absolute Gasteiger partial charge is 0.382 e. The summed E-state index contributed by atoms with van der Waals surface area (Å²) in [6, 6.07) is 10.3. The fraction of sp³-hybridized carbons (Fsp3) is 0.294. The van der Waals surface area contributed by atoms with Gasteiger partial charge >= 0.3 is 0 Å². The Morgan fingerprint density at radius 2 is 1.95 bits per heavy atom. The molecule has 3 nitrogen and oxygen atoms in total. The molecule has 0 radical (unpaired) electrons. The van der Waals surface area contributed by atoms with E-state index in [-0.39, 0.29) is 0 Å². The molecule has 0 spiro atoms. The van der Waals surface area contributed by atoms with Crippen LogP contribution in [0, 0.1) is 0 Å². The van der Waals surface area contributed by atoms with E-state index in [1.54, 1.807) is 0 Å². The highest BCUT2D eigenvalue weighted by Gasteiger charge is 2.07. The van der Waals surface area contributed by atoms with Gasteiger partial charge in [-0.3, -0.25) is 4.98 Å². The molecule has 0 aliphatic carbocycles. The monoisotopic (exact) mass is 265 g/mol. The summed E-state index contributed by atoms with van der Waals surface area (Å²) in [5, 5.41) is 2.24. The van der Waals surface area contributed by atoms with Crippen LogP contribution in [-0.4, -0.2) is 9.97 Å². The van der Waals surface area contributed by atoms with Gasteiger partial charge in [-0.25, -0.2) is 4.98 Å². The average molecular weight is 265 g/mol. The molecule has 2 aromatic heterocycles. The van der Waals surface area contributed by atoms with E-state index in [0.717, 1.165) is 28.2 Å². The Hall–Kier alpha value is -2.16. The number of hydrogen-bond donors (Lipinski definition) is 1. The van der Waals surface area contributed by atoms with Crippen molar-refractivity contribution in [2.24, 2.45) is 0 Å². The first-order chi connectivity index (χ1) is 9.79. The lowest BCUT2D eigenvalue weighted by molar-refractivity contribution is 0.716. The number of fused-ring (bicyclic) bond motifs is 3. The zero-order chi connectivity index (χ0) is 13.9. The van der Waals surface area contributed by atoms with Crippen molar-refractivity contribution in [1.29, 1.82) is 0 Å². The van der Waals surface area contributed by atoms with E-state index in [9.17, 15) is 0 Å². The van der Waals surface area contributed by atoms with Gasteiger partial charge < -0.3 is 5.73 Å². The summed E-state index contributed by atoms with van der Waals surface area (Å²) in [7, 11) is 0. The van der Waals surface area contributed by atoms with Crippen molar-refractivity contribution in [2.75, 3.05) is 5.73 Å². The normalized spacial score (nSPS) is 11.2. The summed E-state index contributed by atoms with van der Waals surface area (Å²) >= 11 is 0. The summed E-state index contributed by atoms with van der Waals surface area (Å²) in [6.07, 6.45) is 6.72. The molecule has 1 aromatic carbocycles. The van der Waals surface area contributed by atoms with Crippen molar-refractivity contribution in [3.8, 4) is 0 Å². The molecule has 0 saturated carbocycles. The van der Waals surface area contributed by atoms with E-state index in [4.69, 9.17) is 5.73 Å². The van der Waals surface area contributed by atoms with Gasteiger partial charge in [0.05, 0.1) is 5.52 Å². The quantitative estimate of drug-likeness (QED) is 0.571. The van der Waals surface area contributed by atoms with Crippen molar-refractivity contribution in [3.63, 3.8) is 0 Å². The van der Waals surface area contributed by atoms with Gasteiger partial charge in [0.1, 0.15) is 5.52 Å². The van der Waals surface area contributed by atoms with E-state index >= 15 is 0 Å². The molecule has 20 heavy (non-hydrogen) atoms. The van der Waals surface area contributed by atoms with Gasteiger partial charge in [-0.15, -0.1) is 0 Å². The maximum absolute atomic E-state index is 6.02. The Balaban J connectivity index is 2.13. The second kappa shape index (κ2) is 5.45. The molecule has 0 fully saturated rings. The minimum absolute atomic E-state index is 0.513. The first-order valence-corrected chi connectivity index (χ1v) is 7.22. The number of aryl methyl sites for hydroxylation is 1. The number of anilines is 1.